The van der Waals surface area contributed by atoms with E-state index in [0.717, 1.165) is 33.6 Å². The molecule has 0 aliphatic heterocycles. The van der Waals surface area contributed by atoms with E-state index in [9.17, 15) is 0 Å². The van der Waals surface area contributed by atoms with Gasteiger partial charge in [0.05, 0.1) is 5.69 Å². The lowest BCUT2D eigenvalue weighted by molar-refractivity contribution is 1.08. The maximum absolute atomic E-state index is 4.97. The Balaban J connectivity index is 1.39. The molecule has 0 spiro atoms. The number of rotatable bonds is 8. The van der Waals surface area contributed by atoms with Crippen LogP contribution >= 0.6 is 0 Å². The van der Waals surface area contributed by atoms with Crippen molar-refractivity contribution in [3.8, 4) is 22.3 Å². The Hall–Kier alpha value is -5.74. The zero-order valence-corrected chi connectivity index (χ0v) is 29.8. The summed E-state index contributed by atoms with van der Waals surface area (Å²) in [4.78, 5) is 12.1. The van der Waals surface area contributed by atoms with E-state index in [1.165, 1.54) is 49.8 Å². The molecule has 0 saturated carbocycles. The van der Waals surface area contributed by atoms with Crippen molar-refractivity contribution in [2.45, 2.75) is 41.5 Å². The fourth-order valence-electron chi connectivity index (χ4n) is 7.70. The summed E-state index contributed by atoms with van der Waals surface area (Å²) < 4.78 is 0. The summed E-state index contributed by atoms with van der Waals surface area (Å²) in [6.07, 6.45) is 3.85. The van der Waals surface area contributed by atoms with Crippen molar-refractivity contribution in [2.75, 3.05) is 4.90 Å². The summed E-state index contributed by atoms with van der Waals surface area (Å²) in [5.74, 6) is 0.618. The minimum absolute atomic E-state index is 0.0942. The van der Waals surface area contributed by atoms with Crippen LogP contribution in [0.15, 0.2) is 146 Å². The second-order valence-electron chi connectivity index (χ2n) is 13.5. The van der Waals surface area contributed by atoms with E-state index < -0.39 is 0 Å². The van der Waals surface area contributed by atoms with Gasteiger partial charge in [0.25, 0.3) is 0 Å². The van der Waals surface area contributed by atoms with Gasteiger partial charge in [-0.05, 0) is 70.9 Å². The quantitative estimate of drug-likeness (QED) is 0.154. The van der Waals surface area contributed by atoms with Crippen LogP contribution in [0, 0.1) is 41.5 Å². The second kappa shape index (κ2) is 14.0. The number of hydrogen-bond donors (Lipinski definition) is 0. The topological polar surface area (TPSA) is 29.0 Å². The van der Waals surface area contributed by atoms with Gasteiger partial charge in [-0.25, -0.2) is 9.97 Å². The average molecular weight is 648 g/mol. The van der Waals surface area contributed by atoms with Crippen LogP contribution in [0.3, 0.4) is 0 Å². The molecule has 0 amide bonds. The Morgan fingerprint density at radius 3 is 1.44 bits per heavy atom. The summed E-state index contributed by atoms with van der Waals surface area (Å²) in [6, 6.07) is 47.7. The highest BCUT2D eigenvalue weighted by molar-refractivity contribution is 6.96. The van der Waals surface area contributed by atoms with E-state index in [4.69, 9.17) is 9.97 Å². The highest BCUT2D eigenvalue weighted by Crippen LogP contribution is 2.39. The number of nitrogens with zero attached hydrogens (tertiary/aromatic N) is 3. The zero-order valence-electron chi connectivity index (χ0n) is 29.8. The Kier molecular flexibility index (Phi) is 9.19. The van der Waals surface area contributed by atoms with Gasteiger partial charge >= 0.3 is 0 Å². The standard InChI is InChI=1S/C46H42BN3/c1-31-25-33(3)44(34(4)26-31)47(45-35(5)27-32(2)28-36(45)6)40-21-23-41(24-22-40)50(43-20-14-13-19-42(43)38-17-11-8-12-18-38)46-48-29-39(30-49-46)37-15-9-7-10-16-37/h7-30H,1-6H3. The smallest absolute Gasteiger partial charge is 0.242 e. The number of anilines is 3. The predicted molar refractivity (Wildman–Crippen MR) is 214 cm³/mol. The van der Waals surface area contributed by atoms with Crippen LogP contribution in [0.2, 0.25) is 0 Å². The van der Waals surface area contributed by atoms with E-state index in [0.29, 0.717) is 5.95 Å². The lowest BCUT2D eigenvalue weighted by atomic mass is 9.34. The van der Waals surface area contributed by atoms with Crippen LogP contribution in [0.25, 0.3) is 22.3 Å². The van der Waals surface area contributed by atoms with Crippen molar-refractivity contribution in [3.63, 3.8) is 0 Å². The van der Waals surface area contributed by atoms with Crippen LogP contribution in [0.1, 0.15) is 33.4 Å². The monoisotopic (exact) mass is 647 g/mol. The van der Waals surface area contributed by atoms with Gasteiger partial charge in [-0.3, -0.25) is 4.90 Å². The van der Waals surface area contributed by atoms with Gasteiger partial charge in [0.15, 0.2) is 0 Å². The number of hydrogen-bond acceptors (Lipinski definition) is 3. The van der Waals surface area contributed by atoms with Gasteiger partial charge in [0, 0.05) is 29.2 Å². The van der Waals surface area contributed by atoms with Crippen molar-refractivity contribution in [1.82, 2.24) is 9.97 Å². The molecule has 0 aliphatic carbocycles. The lowest BCUT2D eigenvalue weighted by Crippen LogP contribution is -2.55. The Bertz CT molecular complexity index is 2160. The molecular formula is C46H42BN3. The van der Waals surface area contributed by atoms with E-state index in [2.05, 4.69) is 162 Å². The molecule has 0 aliphatic rings. The lowest BCUT2D eigenvalue weighted by Gasteiger charge is -2.27. The molecule has 0 atom stereocenters. The molecule has 0 saturated heterocycles. The van der Waals surface area contributed by atoms with Gasteiger partial charge in [-0.2, -0.15) is 0 Å². The largest absolute Gasteiger partial charge is 0.279 e. The van der Waals surface area contributed by atoms with E-state index >= 15 is 0 Å². The summed E-state index contributed by atoms with van der Waals surface area (Å²) in [5.41, 5.74) is 18.2. The predicted octanol–water partition coefficient (Wildman–Crippen LogP) is 9.65. The maximum atomic E-state index is 4.97. The minimum atomic E-state index is 0.0942. The third-order valence-electron chi connectivity index (χ3n) is 9.71. The fourth-order valence-corrected chi connectivity index (χ4v) is 7.70. The van der Waals surface area contributed by atoms with E-state index in [-0.39, 0.29) is 6.71 Å². The van der Waals surface area contributed by atoms with Crippen LogP contribution in [0.4, 0.5) is 17.3 Å². The second-order valence-corrected chi connectivity index (χ2v) is 13.5. The molecule has 0 bridgehead atoms. The van der Waals surface area contributed by atoms with Crippen LogP contribution in [0.5, 0.6) is 0 Å². The van der Waals surface area contributed by atoms with Gasteiger partial charge in [-0.1, -0.05) is 165 Å². The maximum Gasteiger partial charge on any atom is 0.242 e. The van der Waals surface area contributed by atoms with Crippen molar-refractivity contribution in [3.05, 3.63) is 179 Å². The van der Waals surface area contributed by atoms with Gasteiger partial charge < -0.3 is 0 Å². The van der Waals surface area contributed by atoms with E-state index in [1.807, 2.05) is 30.6 Å². The molecule has 1 aromatic heterocycles. The van der Waals surface area contributed by atoms with Crippen LogP contribution in [-0.2, 0) is 0 Å². The first-order chi connectivity index (χ1) is 24.3. The Labute approximate surface area is 297 Å². The summed E-state index contributed by atoms with van der Waals surface area (Å²) >= 11 is 0. The SMILES string of the molecule is Cc1cc(C)c(B(c2ccc(N(c3ncc(-c4ccccc4)cn3)c3ccccc3-c3ccccc3)cc2)c2c(C)cc(C)cc2C)c(C)c1. The van der Waals surface area contributed by atoms with Crippen LogP contribution in [-0.4, -0.2) is 16.7 Å². The third-order valence-corrected chi connectivity index (χ3v) is 9.71. The van der Waals surface area contributed by atoms with Gasteiger partial charge in [0.2, 0.25) is 12.7 Å². The average Bonchev–Trinajstić information content (AvgIpc) is 3.12. The molecule has 0 fully saturated rings. The Morgan fingerprint density at radius 1 is 0.460 bits per heavy atom. The summed E-state index contributed by atoms with van der Waals surface area (Å²) in [6.45, 7) is 13.5. The molecule has 0 radical (unpaired) electrons. The van der Waals surface area contributed by atoms with Crippen molar-refractivity contribution in [2.24, 2.45) is 0 Å². The molecule has 7 rings (SSSR count). The minimum Gasteiger partial charge on any atom is -0.279 e. The van der Waals surface area contributed by atoms with Gasteiger partial charge in [-0.15, -0.1) is 0 Å². The third kappa shape index (κ3) is 6.49. The number of aryl methyl sites for hydroxylation is 6. The van der Waals surface area contributed by atoms with Crippen molar-refractivity contribution < 1.29 is 0 Å². The number of para-hydroxylation sites is 1. The van der Waals surface area contributed by atoms with Crippen molar-refractivity contribution >= 4 is 40.4 Å². The molecule has 7 aromatic rings. The first-order valence-electron chi connectivity index (χ1n) is 17.4. The van der Waals surface area contributed by atoms with Crippen molar-refractivity contribution in [1.29, 1.82) is 0 Å². The molecular weight excluding hydrogens is 605 g/mol. The first kappa shape index (κ1) is 32.8. The van der Waals surface area contributed by atoms with E-state index in [1.54, 1.807) is 0 Å². The molecule has 1 heterocycles. The number of benzene rings is 6. The first-order valence-corrected chi connectivity index (χ1v) is 17.4. The molecule has 6 aromatic carbocycles. The zero-order chi connectivity index (χ0) is 34.8. The highest BCUT2D eigenvalue weighted by Gasteiger charge is 2.29. The van der Waals surface area contributed by atoms with Gasteiger partial charge in [0.1, 0.15) is 0 Å². The van der Waals surface area contributed by atoms with Crippen LogP contribution < -0.4 is 21.3 Å². The molecule has 244 valence electrons. The Morgan fingerprint density at radius 2 is 0.920 bits per heavy atom. The normalized spacial score (nSPS) is 11.0. The molecule has 0 N–H and O–H groups in total. The summed E-state index contributed by atoms with van der Waals surface area (Å²) in [7, 11) is 0. The molecule has 4 heteroatoms. The molecule has 3 nitrogen and oxygen atoms in total. The highest BCUT2D eigenvalue weighted by atomic mass is 15.3. The summed E-state index contributed by atoms with van der Waals surface area (Å²) in [5, 5.41) is 0. The molecule has 50 heavy (non-hydrogen) atoms. The number of aromatic nitrogens is 2. The fraction of sp³-hybridized carbons (Fsp3) is 0.130. The molecule has 0 unspecified atom stereocenters.